The monoisotopic (exact) mass is 364 g/mol. The van der Waals surface area contributed by atoms with E-state index < -0.39 is 0 Å². The first-order chi connectivity index (χ1) is 4.79. The Bertz CT molecular complexity index is 186. The molecule has 0 bridgehead atoms. The van der Waals surface area contributed by atoms with Crippen molar-refractivity contribution in [3.63, 3.8) is 0 Å². The van der Waals surface area contributed by atoms with Gasteiger partial charge in [0.05, 0.1) is 5.57 Å². The average Bonchev–Trinajstić information content (AvgIpc) is 2.30. The zero-order chi connectivity index (χ0) is 7.56. The van der Waals surface area contributed by atoms with Gasteiger partial charge < -0.3 is 4.74 Å². The Labute approximate surface area is 86.7 Å². The third-order valence-electron chi connectivity index (χ3n) is 1.35. The molecule has 2 nitrogen and oxygen atoms in total. The summed E-state index contributed by atoms with van der Waals surface area (Å²) in [5.74, 6) is -0.124. The largest absolute Gasteiger partial charge is 0.458 e. The molecule has 4 heteroatoms. The zero-order valence-electron chi connectivity index (χ0n) is 5.19. The number of rotatable bonds is 2. The predicted octanol–water partition coefficient (Wildman–Crippen LogP) is 1.71. The highest BCUT2D eigenvalue weighted by atomic mass is 127. The van der Waals surface area contributed by atoms with Crippen LogP contribution in [0, 0.1) is 0 Å². The summed E-state index contributed by atoms with van der Waals surface area (Å²) in [6, 6.07) is 0. The Kier molecular flexibility index (Phi) is 3.41. The fourth-order valence-electron chi connectivity index (χ4n) is 0.740. The van der Waals surface area contributed by atoms with Crippen LogP contribution in [0.1, 0.15) is 0 Å². The van der Waals surface area contributed by atoms with Gasteiger partial charge in [0.1, 0.15) is 6.61 Å². The Morgan fingerprint density at radius 3 is 2.50 bits per heavy atom. The van der Waals surface area contributed by atoms with Gasteiger partial charge in [-0.3, -0.25) is 0 Å². The molecule has 1 heterocycles. The highest BCUT2D eigenvalue weighted by Gasteiger charge is 2.21. The first kappa shape index (κ1) is 8.76. The maximum absolute atomic E-state index is 10.9. The lowest BCUT2D eigenvalue weighted by atomic mass is 10.2. The van der Waals surface area contributed by atoms with Crippen LogP contribution in [0.2, 0.25) is 0 Å². The lowest BCUT2D eigenvalue weighted by Crippen LogP contribution is -1.99. The summed E-state index contributed by atoms with van der Waals surface area (Å²) in [6.07, 6.45) is 0. The normalized spacial score (nSPS) is 18.0. The summed E-state index contributed by atoms with van der Waals surface area (Å²) in [6.45, 7) is 0.514. The molecule has 0 radical (unpaired) electrons. The van der Waals surface area contributed by atoms with Crippen LogP contribution in [0.15, 0.2) is 11.1 Å². The molecule has 0 fully saturated rings. The number of esters is 1. The van der Waals surface area contributed by atoms with Crippen LogP contribution in [-0.4, -0.2) is 21.4 Å². The highest BCUT2D eigenvalue weighted by molar-refractivity contribution is 14.1. The summed E-state index contributed by atoms with van der Waals surface area (Å²) in [7, 11) is 0. The molecule has 0 saturated heterocycles. The van der Waals surface area contributed by atoms with Gasteiger partial charge in [-0.15, -0.1) is 0 Å². The number of carbonyl (C=O) groups excluding carboxylic acids is 1. The summed E-state index contributed by atoms with van der Waals surface area (Å²) in [5, 5.41) is 0. The Morgan fingerprint density at radius 2 is 2.10 bits per heavy atom. The lowest BCUT2D eigenvalue weighted by molar-refractivity contribution is -0.135. The SMILES string of the molecule is O=C1OCC(CI)=C1CI. The highest BCUT2D eigenvalue weighted by Crippen LogP contribution is 2.19. The first-order valence-electron chi connectivity index (χ1n) is 2.79. The number of ether oxygens (including phenoxy) is 1. The zero-order valence-corrected chi connectivity index (χ0v) is 9.51. The van der Waals surface area contributed by atoms with E-state index in [4.69, 9.17) is 4.74 Å². The van der Waals surface area contributed by atoms with E-state index in [1.165, 1.54) is 0 Å². The minimum atomic E-state index is -0.124. The van der Waals surface area contributed by atoms with E-state index in [-0.39, 0.29) is 5.97 Å². The molecule has 0 unspecified atom stereocenters. The quantitative estimate of drug-likeness (QED) is 0.424. The van der Waals surface area contributed by atoms with E-state index in [9.17, 15) is 4.79 Å². The summed E-state index contributed by atoms with van der Waals surface area (Å²) < 4.78 is 6.51. The fraction of sp³-hybridized carbons (Fsp3) is 0.500. The Hall–Kier alpha value is 0.670. The molecule has 0 saturated carbocycles. The topological polar surface area (TPSA) is 26.3 Å². The molecule has 1 rings (SSSR count). The van der Waals surface area contributed by atoms with Crippen molar-refractivity contribution in [3.8, 4) is 0 Å². The van der Waals surface area contributed by atoms with Gasteiger partial charge in [-0.25, -0.2) is 4.79 Å². The number of cyclic esters (lactones) is 1. The smallest absolute Gasteiger partial charge is 0.335 e. The van der Waals surface area contributed by atoms with E-state index in [0.29, 0.717) is 6.61 Å². The number of halogens is 2. The van der Waals surface area contributed by atoms with E-state index in [1.54, 1.807) is 0 Å². The minimum Gasteiger partial charge on any atom is -0.458 e. The molecule has 0 N–H and O–H groups in total. The fourth-order valence-corrected chi connectivity index (χ4v) is 2.27. The first-order valence-corrected chi connectivity index (χ1v) is 5.84. The molecule has 0 aliphatic carbocycles. The van der Waals surface area contributed by atoms with Gasteiger partial charge in [-0.05, 0) is 5.57 Å². The van der Waals surface area contributed by atoms with E-state index in [1.807, 2.05) is 0 Å². The predicted molar refractivity (Wildman–Crippen MR) is 55.8 cm³/mol. The third kappa shape index (κ3) is 1.63. The number of hydrogen-bond donors (Lipinski definition) is 0. The second kappa shape index (κ2) is 3.89. The van der Waals surface area contributed by atoms with Crippen molar-refractivity contribution >= 4 is 51.2 Å². The molecular weight excluding hydrogens is 358 g/mol. The van der Waals surface area contributed by atoms with Gasteiger partial charge in [0.25, 0.3) is 0 Å². The summed E-state index contributed by atoms with van der Waals surface area (Å²) in [4.78, 5) is 10.9. The van der Waals surface area contributed by atoms with Crippen LogP contribution in [0.5, 0.6) is 0 Å². The minimum absolute atomic E-state index is 0.124. The van der Waals surface area contributed by atoms with Crippen molar-refractivity contribution < 1.29 is 9.53 Å². The van der Waals surface area contributed by atoms with Crippen LogP contribution >= 0.6 is 45.2 Å². The molecule has 0 spiro atoms. The van der Waals surface area contributed by atoms with Crippen LogP contribution in [0.25, 0.3) is 0 Å². The van der Waals surface area contributed by atoms with Crippen LogP contribution in [-0.2, 0) is 9.53 Å². The van der Waals surface area contributed by atoms with Gasteiger partial charge in [-0.2, -0.15) is 0 Å². The average molecular weight is 364 g/mol. The van der Waals surface area contributed by atoms with Crippen LogP contribution < -0.4 is 0 Å². The van der Waals surface area contributed by atoms with Crippen molar-refractivity contribution in [3.05, 3.63) is 11.1 Å². The molecular formula is C6H6I2O2. The number of carbonyl (C=O) groups is 1. The van der Waals surface area contributed by atoms with Gasteiger partial charge in [0, 0.05) is 8.86 Å². The van der Waals surface area contributed by atoms with Gasteiger partial charge >= 0.3 is 5.97 Å². The second-order valence-corrected chi connectivity index (χ2v) is 3.45. The second-order valence-electron chi connectivity index (χ2n) is 1.93. The standard InChI is InChI=1S/C6H6I2O2/c7-1-4-3-10-6(9)5(4)2-8/h1-3H2. The number of alkyl halides is 2. The molecule has 0 aromatic carbocycles. The molecule has 0 amide bonds. The molecule has 10 heavy (non-hydrogen) atoms. The summed E-state index contributed by atoms with van der Waals surface area (Å²) in [5.41, 5.74) is 2.02. The van der Waals surface area contributed by atoms with Crippen LogP contribution in [0.3, 0.4) is 0 Å². The van der Waals surface area contributed by atoms with E-state index in [2.05, 4.69) is 45.2 Å². The van der Waals surface area contributed by atoms with Crippen molar-refractivity contribution in [2.75, 3.05) is 15.5 Å². The Morgan fingerprint density at radius 1 is 1.40 bits per heavy atom. The molecule has 0 atom stereocenters. The third-order valence-corrected chi connectivity index (χ3v) is 3.03. The van der Waals surface area contributed by atoms with Crippen LogP contribution in [0.4, 0.5) is 0 Å². The molecule has 1 aliphatic rings. The molecule has 0 aromatic rings. The maximum Gasteiger partial charge on any atom is 0.335 e. The summed E-state index contributed by atoms with van der Waals surface area (Å²) >= 11 is 4.43. The van der Waals surface area contributed by atoms with E-state index in [0.717, 1.165) is 20.0 Å². The van der Waals surface area contributed by atoms with Gasteiger partial charge in [0.15, 0.2) is 0 Å². The van der Waals surface area contributed by atoms with Crippen molar-refractivity contribution in [1.29, 1.82) is 0 Å². The van der Waals surface area contributed by atoms with Gasteiger partial charge in [-0.1, -0.05) is 45.2 Å². The maximum atomic E-state index is 10.9. The van der Waals surface area contributed by atoms with Gasteiger partial charge in [0.2, 0.25) is 0 Å². The van der Waals surface area contributed by atoms with Crippen molar-refractivity contribution in [1.82, 2.24) is 0 Å². The van der Waals surface area contributed by atoms with Crippen molar-refractivity contribution in [2.45, 2.75) is 0 Å². The van der Waals surface area contributed by atoms with Crippen molar-refractivity contribution in [2.24, 2.45) is 0 Å². The van der Waals surface area contributed by atoms with E-state index >= 15 is 0 Å². The molecule has 1 aliphatic heterocycles. The number of hydrogen-bond acceptors (Lipinski definition) is 2. The molecule has 56 valence electrons. The molecule has 0 aromatic heterocycles. The Balaban J connectivity index is 2.81. The lowest BCUT2D eigenvalue weighted by Gasteiger charge is -1.91.